The topological polar surface area (TPSA) is 46.5 Å². The van der Waals surface area contributed by atoms with E-state index in [2.05, 4.69) is 39.8 Å². The maximum atomic E-state index is 11.8. The lowest BCUT2D eigenvalue weighted by Gasteiger charge is -2.48. The molecule has 2 aliphatic carbocycles. The number of hydrogen-bond acceptors (Lipinski definition) is 2. The zero-order valence-corrected chi connectivity index (χ0v) is 16.9. The third-order valence-electron chi connectivity index (χ3n) is 7.28. The van der Waals surface area contributed by atoms with Gasteiger partial charge in [-0.1, -0.05) is 24.3 Å². The highest BCUT2D eigenvalue weighted by Crippen LogP contribution is 2.57. The Morgan fingerprint density at radius 3 is 2.68 bits per heavy atom. The van der Waals surface area contributed by atoms with E-state index < -0.39 is 5.97 Å². The number of carboxylic acid groups (broad SMARTS) is 1. The van der Waals surface area contributed by atoms with Gasteiger partial charge in [0.25, 0.3) is 0 Å². The molecule has 1 saturated heterocycles. The number of benzene rings is 2. The van der Waals surface area contributed by atoms with Gasteiger partial charge in [-0.25, -0.2) is 4.79 Å². The van der Waals surface area contributed by atoms with E-state index in [1.807, 2.05) is 12.1 Å². The fraction of sp³-hybridized carbons (Fsp3) is 0.400. The molecule has 2 aromatic rings. The Bertz CT molecular complexity index is 1100. The molecule has 2 bridgehead atoms. The molecule has 3 heteroatoms. The van der Waals surface area contributed by atoms with E-state index in [0.717, 1.165) is 30.0 Å². The van der Waals surface area contributed by atoms with Crippen molar-refractivity contribution in [1.82, 2.24) is 0 Å². The summed E-state index contributed by atoms with van der Waals surface area (Å²) >= 11 is 0. The Kier molecular flexibility index (Phi) is 3.67. The summed E-state index contributed by atoms with van der Waals surface area (Å²) in [6.07, 6.45) is 3.49. The summed E-state index contributed by atoms with van der Waals surface area (Å²) < 4.78 is 6.61. The predicted molar refractivity (Wildman–Crippen MR) is 112 cm³/mol. The Morgan fingerprint density at radius 2 is 1.93 bits per heavy atom. The molecule has 4 aliphatic rings. The molecular formula is C25H26O3. The molecule has 6 rings (SSSR count). The second-order valence-electron chi connectivity index (χ2n) is 8.78. The second-order valence-corrected chi connectivity index (χ2v) is 8.78. The summed E-state index contributed by atoms with van der Waals surface area (Å²) in [7, 11) is 0. The molecule has 2 heterocycles. The summed E-state index contributed by atoms with van der Waals surface area (Å²) in [5.41, 5.74) is 8.21. The van der Waals surface area contributed by atoms with Gasteiger partial charge in [0.15, 0.2) is 0 Å². The highest BCUT2D eigenvalue weighted by molar-refractivity contribution is 6.08. The zero-order valence-electron chi connectivity index (χ0n) is 16.9. The van der Waals surface area contributed by atoms with Gasteiger partial charge in [0, 0.05) is 5.92 Å². The van der Waals surface area contributed by atoms with Crippen LogP contribution >= 0.6 is 0 Å². The lowest BCUT2D eigenvalue weighted by atomic mass is 9.65. The molecule has 0 saturated carbocycles. The van der Waals surface area contributed by atoms with Crippen LogP contribution in [0.2, 0.25) is 0 Å². The first-order valence-electron chi connectivity index (χ1n) is 10.2. The molecule has 2 aromatic carbocycles. The smallest absolute Gasteiger partial charge is 0.336 e. The highest BCUT2D eigenvalue weighted by Gasteiger charge is 2.50. The van der Waals surface area contributed by atoms with Crippen LogP contribution in [0.5, 0.6) is 0 Å². The minimum Gasteiger partial charge on any atom is -0.478 e. The van der Waals surface area contributed by atoms with Crippen molar-refractivity contribution in [1.29, 1.82) is 0 Å². The van der Waals surface area contributed by atoms with Crippen molar-refractivity contribution in [3.8, 4) is 0 Å². The van der Waals surface area contributed by atoms with Crippen LogP contribution in [0, 0.1) is 0 Å². The first kappa shape index (κ1) is 17.7. The van der Waals surface area contributed by atoms with E-state index in [-0.39, 0.29) is 17.6 Å². The van der Waals surface area contributed by atoms with Crippen LogP contribution in [-0.2, 0) is 4.74 Å². The predicted octanol–water partition coefficient (Wildman–Crippen LogP) is 6.09. The van der Waals surface area contributed by atoms with Gasteiger partial charge in [0.2, 0.25) is 0 Å². The first-order chi connectivity index (χ1) is 13.3. The minimum atomic E-state index is -0.875. The molecular weight excluding hydrogens is 348 g/mol. The van der Waals surface area contributed by atoms with E-state index >= 15 is 0 Å². The van der Waals surface area contributed by atoms with Gasteiger partial charge >= 0.3 is 5.97 Å². The van der Waals surface area contributed by atoms with Crippen molar-refractivity contribution in [2.24, 2.45) is 0 Å². The van der Waals surface area contributed by atoms with Crippen LogP contribution in [0.1, 0.15) is 74.4 Å². The molecule has 2 unspecified atom stereocenters. The second kappa shape index (κ2) is 5.81. The molecule has 3 nitrogen and oxygen atoms in total. The third kappa shape index (κ3) is 2.17. The summed E-state index contributed by atoms with van der Waals surface area (Å²) in [6.45, 7) is 8.90. The number of aromatic carboxylic acids is 1. The van der Waals surface area contributed by atoms with Crippen molar-refractivity contribution in [3.63, 3.8) is 0 Å². The molecule has 144 valence electrons. The van der Waals surface area contributed by atoms with Crippen LogP contribution in [0.3, 0.4) is 0 Å². The third-order valence-corrected chi connectivity index (χ3v) is 7.28. The van der Waals surface area contributed by atoms with Crippen LogP contribution in [0.15, 0.2) is 47.1 Å². The Labute approximate surface area is 165 Å². The zero-order chi connectivity index (χ0) is 19.8. The molecule has 0 radical (unpaired) electrons. The van der Waals surface area contributed by atoms with Crippen LogP contribution < -0.4 is 0 Å². The minimum absolute atomic E-state index is 0.169. The average molecular weight is 374 g/mol. The van der Waals surface area contributed by atoms with Crippen molar-refractivity contribution in [2.75, 3.05) is 0 Å². The fourth-order valence-corrected chi connectivity index (χ4v) is 5.98. The number of ether oxygens (including phenoxy) is 1. The van der Waals surface area contributed by atoms with Crippen molar-refractivity contribution in [2.45, 2.75) is 64.6 Å². The van der Waals surface area contributed by atoms with Gasteiger partial charge in [-0.15, -0.1) is 0 Å². The number of carbonyl (C=O) groups is 1. The monoisotopic (exact) mass is 374 g/mol. The maximum absolute atomic E-state index is 11.8. The Balaban J connectivity index is 1.90. The Morgan fingerprint density at radius 1 is 1.14 bits per heavy atom. The summed E-state index contributed by atoms with van der Waals surface area (Å²) in [5, 5.41) is 11.5. The number of hydrogen-bond donors (Lipinski definition) is 1. The van der Waals surface area contributed by atoms with Gasteiger partial charge in [-0.3, -0.25) is 0 Å². The Hall–Kier alpha value is -2.39. The number of fused-ring (bicyclic) bond motifs is 6. The van der Waals surface area contributed by atoms with Crippen molar-refractivity contribution in [3.05, 3.63) is 63.7 Å². The SMILES string of the molecule is CC1=C(C)c2c(ccc3c(C(=O)O)cccc23)C2C1=C1CCC[C@]2(C)OC1C. The van der Waals surface area contributed by atoms with E-state index in [1.54, 1.807) is 6.07 Å². The molecule has 1 N–H and O–H groups in total. The van der Waals surface area contributed by atoms with Gasteiger partial charge < -0.3 is 9.84 Å². The summed E-state index contributed by atoms with van der Waals surface area (Å²) in [6, 6.07) is 9.78. The summed E-state index contributed by atoms with van der Waals surface area (Å²) in [4.78, 5) is 11.8. The number of rotatable bonds is 1. The van der Waals surface area contributed by atoms with E-state index in [9.17, 15) is 9.90 Å². The summed E-state index contributed by atoms with van der Waals surface area (Å²) in [5.74, 6) is -0.655. The number of allylic oxidation sites excluding steroid dienone is 2. The molecule has 1 fully saturated rings. The fourth-order valence-electron chi connectivity index (χ4n) is 5.98. The molecule has 3 atom stereocenters. The first-order valence-corrected chi connectivity index (χ1v) is 10.2. The van der Waals surface area contributed by atoms with Crippen molar-refractivity contribution < 1.29 is 14.6 Å². The molecule has 28 heavy (non-hydrogen) atoms. The highest BCUT2D eigenvalue weighted by atomic mass is 16.5. The quantitative estimate of drug-likeness (QED) is 0.657. The normalized spacial score (nSPS) is 29.0. The lowest BCUT2D eigenvalue weighted by Crippen LogP contribution is -2.44. The maximum Gasteiger partial charge on any atom is 0.336 e. The molecule has 2 aliphatic heterocycles. The van der Waals surface area contributed by atoms with Gasteiger partial charge in [0.1, 0.15) is 0 Å². The lowest BCUT2D eigenvalue weighted by molar-refractivity contribution is -0.0804. The molecule has 0 aromatic heterocycles. The standard InChI is InChI=1S/C25H26O3/c1-13-14(2)22-16-9-6-12-25(4,28-15(16)3)23(22)20-11-10-17-18(21(13)20)7-5-8-19(17)24(26)27/h5,7-8,10-11,15,23H,6,9,12H2,1-4H3,(H,26,27)/t15?,23?,25-/m0/s1. The van der Waals surface area contributed by atoms with Crippen LogP contribution in [0.25, 0.3) is 16.3 Å². The largest absolute Gasteiger partial charge is 0.478 e. The van der Waals surface area contributed by atoms with E-state index in [4.69, 9.17) is 4.74 Å². The van der Waals surface area contributed by atoms with Crippen molar-refractivity contribution >= 4 is 22.3 Å². The van der Waals surface area contributed by atoms with Gasteiger partial charge in [-0.05, 0) is 97.2 Å². The van der Waals surface area contributed by atoms with E-state index in [0.29, 0.717) is 5.56 Å². The van der Waals surface area contributed by atoms with Crippen LogP contribution in [-0.4, -0.2) is 22.8 Å². The van der Waals surface area contributed by atoms with Gasteiger partial charge in [0.05, 0.1) is 17.3 Å². The van der Waals surface area contributed by atoms with E-state index in [1.165, 1.54) is 33.4 Å². The molecule has 0 amide bonds. The average Bonchev–Trinajstić information content (AvgIpc) is 2.90. The van der Waals surface area contributed by atoms with Gasteiger partial charge in [-0.2, -0.15) is 0 Å². The van der Waals surface area contributed by atoms with Crippen LogP contribution in [0.4, 0.5) is 0 Å². The molecule has 0 spiro atoms. The number of carboxylic acids is 1.